The molecule has 0 amide bonds. The second-order valence-corrected chi connectivity index (χ2v) is 4.44. The molecule has 0 fully saturated rings. The summed E-state index contributed by atoms with van der Waals surface area (Å²) in [6.45, 7) is 4.11. The van der Waals surface area contributed by atoms with Gasteiger partial charge in [0.2, 0.25) is 0 Å². The smallest absolute Gasteiger partial charge is 0.292 e. The van der Waals surface area contributed by atoms with Crippen LogP contribution < -0.4 is 5.32 Å². The van der Waals surface area contributed by atoms with Gasteiger partial charge in [-0.1, -0.05) is 26.7 Å². The summed E-state index contributed by atoms with van der Waals surface area (Å²) in [4.78, 5) is 10.2. The maximum atomic E-state index is 13.1. The van der Waals surface area contributed by atoms with Crippen LogP contribution in [0.4, 0.5) is 15.8 Å². The molecule has 1 atom stereocenters. The first-order valence-corrected chi connectivity index (χ1v) is 6.35. The average Bonchev–Trinajstić information content (AvgIpc) is 2.37. The number of aliphatic hydroxyl groups excluding tert-OH is 1. The van der Waals surface area contributed by atoms with Crippen LogP contribution >= 0.6 is 0 Å². The van der Waals surface area contributed by atoms with Crippen molar-refractivity contribution in [3.05, 3.63) is 34.1 Å². The number of halogens is 1. The lowest BCUT2D eigenvalue weighted by molar-refractivity contribution is -0.384. The van der Waals surface area contributed by atoms with E-state index in [0.29, 0.717) is 0 Å². The third-order valence-corrected chi connectivity index (χ3v) is 3.25. The molecule has 0 heterocycles. The molecule has 0 spiro atoms. The third-order valence-electron chi connectivity index (χ3n) is 3.25. The first kappa shape index (κ1) is 15.4. The zero-order chi connectivity index (χ0) is 14.4. The minimum atomic E-state index is -0.613. The lowest BCUT2D eigenvalue weighted by Crippen LogP contribution is -2.27. The first-order valence-electron chi connectivity index (χ1n) is 6.35. The van der Waals surface area contributed by atoms with Gasteiger partial charge in [-0.25, -0.2) is 4.39 Å². The Kier molecular flexibility index (Phi) is 5.69. The van der Waals surface area contributed by atoms with E-state index in [4.69, 9.17) is 0 Å². The number of nitrogens with zero attached hydrogens (tertiary/aromatic N) is 1. The van der Waals surface area contributed by atoms with Gasteiger partial charge in [0.1, 0.15) is 11.5 Å². The van der Waals surface area contributed by atoms with E-state index in [1.54, 1.807) is 0 Å². The molecule has 19 heavy (non-hydrogen) atoms. The van der Waals surface area contributed by atoms with Crippen molar-refractivity contribution in [3.63, 3.8) is 0 Å². The molecular weight excluding hydrogens is 251 g/mol. The van der Waals surface area contributed by atoms with Gasteiger partial charge >= 0.3 is 0 Å². The fraction of sp³-hybridized carbons (Fsp3) is 0.538. The van der Waals surface area contributed by atoms with E-state index < -0.39 is 16.8 Å². The average molecular weight is 270 g/mol. The molecule has 0 aliphatic heterocycles. The van der Waals surface area contributed by atoms with Crippen LogP contribution in [-0.4, -0.2) is 22.7 Å². The number of benzene rings is 1. The summed E-state index contributed by atoms with van der Waals surface area (Å²) in [5, 5.41) is 23.5. The highest BCUT2D eigenvalue weighted by Crippen LogP contribution is 2.25. The van der Waals surface area contributed by atoms with E-state index in [-0.39, 0.29) is 23.8 Å². The van der Waals surface area contributed by atoms with Crippen molar-refractivity contribution in [1.82, 2.24) is 0 Å². The van der Waals surface area contributed by atoms with Crippen molar-refractivity contribution in [1.29, 1.82) is 0 Å². The number of hydrogen-bond acceptors (Lipinski definition) is 4. The molecule has 1 aromatic carbocycles. The molecule has 0 aliphatic rings. The van der Waals surface area contributed by atoms with Crippen LogP contribution in [0.1, 0.15) is 26.7 Å². The second-order valence-electron chi connectivity index (χ2n) is 4.44. The number of aliphatic hydroxyl groups is 1. The maximum absolute atomic E-state index is 13.1. The summed E-state index contributed by atoms with van der Waals surface area (Å²) in [6, 6.07) is 3.22. The molecule has 0 aliphatic carbocycles. The summed E-state index contributed by atoms with van der Waals surface area (Å²) in [7, 11) is 0. The third kappa shape index (κ3) is 4.17. The van der Waals surface area contributed by atoms with E-state index in [9.17, 15) is 19.6 Å². The van der Waals surface area contributed by atoms with Crippen molar-refractivity contribution in [2.24, 2.45) is 5.92 Å². The molecule has 1 unspecified atom stereocenters. The Morgan fingerprint density at radius 1 is 1.42 bits per heavy atom. The highest BCUT2D eigenvalue weighted by molar-refractivity contribution is 5.61. The molecule has 0 bridgehead atoms. The Balaban J connectivity index is 2.76. The van der Waals surface area contributed by atoms with Crippen LogP contribution in [0.15, 0.2) is 18.2 Å². The number of nitrogens with one attached hydrogen (secondary N) is 1. The van der Waals surface area contributed by atoms with Gasteiger partial charge in [-0.3, -0.25) is 10.1 Å². The number of rotatable bonds is 7. The van der Waals surface area contributed by atoms with Crippen LogP contribution in [-0.2, 0) is 0 Å². The molecular formula is C13H19FN2O3. The van der Waals surface area contributed by atoms with E-state index in [1.165, 1.54) is 0 Å². The summed E-state index contributed by atoms with van der Waals surface area (Å²) in [5.74, 6) is -0.426. The monoisotopic (exact) mass is 270 g/mol. The molecule has 0 saturated carbocycles. The summed E-state index contributed by atoms with van der Waals surface area (Å²) >= 11 is 0. The van der Waals surface area contributed by atoms with Crippen LogP contribution in [0.5, 0.6) is 0 Å². The Morgan fingerprint density at radius 3 is 2.58 bits per heavy atom. The summed E-state index contributed by atoms with van der Waals surface area (Å²) in [6.07, 6.45) is 1.03. The van der Waals surface area contributed by atoms with Crippen molar-refractivity contribution in [3.8, 4) is 0 Å². The van der Waals surface area contributed by atoms with E-state index in [0.717, 1.165) is 31.0 Å². The standard InChI is InChI=1S/C13H19FN2O3/c1-3-9(4-2)13(17)8-15-11-7-10(14)5-6-12(11)16(18)19/h5-7,9,13,15,17H,3-4,8H2,1-2H3. The fourth-order valence-corrected chi connectivity index (χ4v) is 2.02. The van der Waals surface area contributed by atoms with Crippen molar-refractivity contribution in [2.45, 2.75) is 32.8 Å². The van der Waals surface area contributed by atoms with Gasteiger partial charge in [0.05, 0.1) is 11.0 Å². The highest BCUT2D eigenvalue weighted by Gasteiger charge is 2.18. The summed E-state index contributed by atoms with van der Waals surface area (Å²) < 4.78 is 13.1. The van der Waals surface area contributed by atoms with E-state index >= 15 is 0 Å². The molecule has 2 N–H and O–H groups in total. The number of hydrogen-bond donors (Lipinski definition) is 2. The Labute approximate surface area is 111 Å². The minimum Gasteiger partial charge on any atom is -0.391 e. The second kappa shape index (κ2) is 7.04. The molecule has 1 aromatic rings. The lowest BCUT2D eigenvalue weighted by atomic mass is 9.96. The van der Waals surface area contributed by atoms with Gasteiger partial charge in [-0.05, 0) is 12.0 Å². The molecule has 0 saturated heterocycles. The van der Waals surface area contributed by atoms with Gasteiger partial charge < -0.3 is 10.4 Å². The molecule has 0 radical (unpaired) electrons. The fourth-order valence-electron chi connectivity index (χ4n) is 2.02. The predicted molar refractivity (Wildman–Crippen MR) is 71.6 cm³/mol. The quantitative estimate of drug-likeness (QED) is 0.590. The van der Waals surface area contributed by atoms with Gasteiger partial charge in [-0.2, -0.15) is 0 Å². The topological polar surface area (TPSA) is 75.4 Å². The molecule has 5 nitrogen and oxygen atoms in total. The molecule has 106 valence electrons. The van der Waals surface area contributed by atoms with Crippen LogP contribution in [0.25, 0.3) is 0 Å². The number of nitro groups is 1. The number of anilines is 1. The zero-order valence-electron chi connectivity index (χ0n) is 11.1. The van der Waals surface area contributed by atoms with Crippen LogP contribution in [0.2, 0.25) is 0 Å². The van der Waals surface area contributed by atoms with Gasteiger partial charge in [0.25, 0.3) is 5.69 Å². The lowest BCUT2D eigenvalue weighted by Gasteiger charge is -2.20. The van der Waals surface area contributed by atoms with Crippen molar-refractivity contribution < 1.29 is 14.4 Å². The van der Waals surface area contributed by atoms with Crippen molar-refractivity contribution in [2.75, 3.05) is 11.9 Å². The Bertz CT molecular complexity index is 436. The molecule has 1 rings (SSSR count). The SMILES string of the molecule is CCC(CC)C(O)CNc1cc(F)ccc1[N+](=O)[O-]. The van der Waals surface area contributed by atoms with E-state index in [2.05, 4.69) is 5.32 Å². The summed E-state index contributed by atoms with van der Waals surface area (Å²) in [5.41, 5.74) is -0.104. The normalized spacial score (nSPS) is 12.5. The minimum absolute atomic E-state index is 0.0926. The highest BCUT2D eigenvalue weighted by atomic mass is 19.1. The van der Waals surface area contributed by atoms with Gasteiger partial charge in [0.15, 0.2) is 0 Å². The predicted octanol–water partition coefficient (Wildman–Crippen LogP) is 2.94. The maximum Gasteiger partial charge on any atom is 0.292 e. The van der Waals surface area contributed by atoms with E-state index in [1.807, 2.05) is 13.8 Å². The Morgan fingerprint density at radius 2 is 2.05 bits per heavy atom. The van der Waals surface area contributed by atoms with Gasteiger partial charge in [-0.15, -0.1) is 0 Å². The largest absolute Gasteiger partial charge is 0.391 e. The zero-order valence-corrected chi connectivity index (χ0v) is 11.1. The van der Waals surface area contributed by atoms with Crippen LogP contribution in [0, 0.1) is 21.8 Å². The van der Waals surface area contributed by atoms with Crippen LogP contribution in [0.3, 0.4) is 0 Å². The first-order chi connectivity index (χ1) is 8.99. The van der Waals surface area contributed by atoms with Gasteiger partial charge in [0, 0.05) is 18.7 Å². The Hall–Kier alpha value is -1.69. The molecule has 0 aromatic heterocycles. The number of nitro benzene ring substituents is 1. The molecule has 6 heteroatoms. The van der Waals surface area contributed by atoms with Crippen molar-refractivity contribution >= 4 is 11.4 Å².